The molecule has 0 atom stereocenters. The van der Waals surface area contributed by atoms with Crippen molar-refractivity contribution in [2.75, 3.05) is 59.6 Å². The summed E-state index contributed by atoms with van der Waals surface area (Å²) in [5.41, 5.74) is 0. The Hall–Kier alpha value is -1.71. The summed E-state index contributed by atoms with van der Waals surface area (Å²) in [5, 5.41) is 3.09. The van der Waals surface area contributed by atoms with E-state index in [0.29, 0.717) is 51.7 Å². The van der Waals surface area contributed by atoms with Crippen LogP contribution in [0.1, 0.15) is 13.3 Å². The minimum atomic E-state index is -4.29. The summed E-state index contributed by atoms with van der Waals surface area (Å²) in [6.45, 7) is 3.67. The maximum atomic E-state index is 11.9. The third kappa shape index (κ3) is 7.71. The number of halogens is 3. The molecule has 0 aromatic carbocycles. The van der Waals surface area contributed by atoms with Crippen LogP contribution in [0.5, 0.6) is 0 Å². The number of guanidine groups is 1. The van der Waals surface area contributed by atoms with Crippen molar-refractivity contribution in [2.24, 2.45) is 4.99 Å². The Labute approximate surface area is 139 Å². The SMILES string of the molecule is CCOC(=O)N1CCN(C(=NC)NCCCOCC(F)(F)F)CC1. The first kappa shape index (κ1) is 20.3. The topological polar surface area (TPSA) is 66.4 Å². The molecule has 10 heteroatoms. The fraction of sp³-hybridized carbons (Fsp3) is 0.857. The van der Waals surface area contributed by atoms with Gasteiger partial charge in [-0.1, -0.05) is 0 Å². The van der Waals surface area contributed by atoms with Gasteiger partial charge < -0.3 is 24.6 Å². The van der Waals surface area contributed by atoms with Gasteiger partial charge in [0.2, 0.25) is 0 Å². The van der Waals surface area contributed by atoms with Gasteiger partial charge in [-0.2, -0.15) is 13.2 Å². The van der Waals surface area contributed by atoms with Crippen molar-refractivity contribution in [2.45, 2.75) is 19.5 Å². The molecular weight excluding hydrogens is 329 g/mol. The summed E-state index contributed by atoms with van der Waals surface area (Å²) in [6.07, 6.45) is -4.16. The number of carbonyl (C=O) groups is 1. The maximum absolute atomic E-state index is 11.9. The van der Waals surface area contributed by atoms with Crippen molar-refractivity contribution in [1.29, 1.82) is 0 Å². The molecule has 0 bridgehead atoms. The molecule has 0 unspecified atom stereocenters. The van der Waals surface area contributed by atoms with Crippen LogP contribution in [0.25, 0.3) is 0 Å². The highest BCUT2D eigenvalue weighted by Crippen LogP contribution is 2.14. The fourth-order valence-electron chi connectivity index (χ4n) is 2.21. The minimum Gasteiger partial charge on any atom is -0.450 e. The lowest BCUT2D eigenvalue weighted by Gasteiger charge is -2.35. The summed E-state index contributed by atoms with van der Waals surface area (Å²) in [4.78, 5) is 19.4. The Morgan fingerprint density at radius 3 is 2.38 bits per heavy atom. The average Bonchev–Trinajstić information content (AvgIpc) is 2.54. The van der Waals surface area contributed by atoms with Gasteiger partial charge in [0, 0.05) is 46.4 Å². The second-order valence-corrected chi connectivity index (χ2v) is 5.17. The maximum Gasteiger partial charge on any atom is 0.411 e. The Bertz CT molecular complexity index is 411. The summed E-state index contributed by atoms with van der Waals surface area (Å²) in [7, 11) is 1.64. The number of hydrogen-bond acceptors (Lipinski definition) is 4. The van der Waals surface area contributed by atoms with Crippen molar-refractivity contribution in [3.8, 4) is 0 Å². The molecule has 1 saturated heterocycles. The van der Waals surface area contributed by atoms with Crippen LogP contribution in [0.15, 0.2) is 4.99 Å². The Morgan fingerprint density at radius 1 is 1.21 bits per heavy atom. The second kappa shape index (κ2) is 10.2. The van der Waals surface area contributed by atoms with Crippen molar-refractivity contribution in [3.05, 3.63) is 0 Å². The highest BCUT2D eigenvalue weighted by molar-refractivity contribution is 5.80. The first-order valence-electron chi connectivity index (χ1n) is 7.89. The molecule has 0 spiro atoms. The number of ether oxygens (including phenoxy) is 2. The highest BCUT2D eigenvalue weighted by Gasteiger charge is 2.27. The zero-order valence-electron chi connectivity index (χ0n) is 14.1. The summed E-state index contributed by atoms with van der Waals surface area (Å²) in [6, 6.07) is 0. The van der Waals surface area contributed by atoms with Crippen LogP contribution in [-0.2, 0) is 9.47 Å². The summed E-state index contributed by atoms with van der Waals surface area (Å²) < 4.78 is 45.3. The quantitative estimate of drug-likeness (QED) is 0.443. The van der Waals surface area contributed by atoms with Crippen LogP contribution in [0.4, 0.5) is 18.0 Å². The number of piperazine rings is 1. The summed E-state index contributed by atoms with van der Waals surface area (Å²) in [5.74, 6) is 0.661. The molecule has 0 radical (unpaired) electrons. The second-order valence-electron chi connectivity index (χ2n) is 5.17. The zero-order chi connectivity index (χ0) is 18.0. The predicted octanol–water partition coefficient (Wildman–Crippen LogP) is 1.30. The number of nitrogens with one attached hydrogen (secondary N) is 1. The van der Waals surface area contributed by atoms with E-state index >= 15 is 0 Å². The van der Waals surface area contributed by atoms with E-state index in [0.717, 1.165) is 0 Å². The van der Waals surface area contributed by atoms with Crippen LogP contribution in [-0.4, -0.2) is 87.6 Å². The molecule has 1 N–H and O–H groups in total. The zero-order valence-corrected chi connectivity index (χ0v) is 14.1. The first-order chi connectivity index (χ1) is 11.4. The van der Waals surface area contributed by atoms with E-state index in [1.807, 2.05) is 4.90 Å². The molecule has 0 saturated carbocycles. The normalized spacial score (nSPS) is 16.3. The van der Waals surface area contributed by atoms with Crippen molar-refractivity contribution in [1.82, 2.24) is 15.1 Å². The largest absolute Gasteiger partial charge is 0.450 e. The van der Waals surface area contributed by atoms with Crippen LogP contribution >= 0.6 is 0 Å². The van der Waals surface area contributed by atoms with Gasteiger partial charge in [0.15, 0.2) is 5.96 Å². The summed E-state index contributed by atoms with van der Waals surface area (Å²) >= 11 is 0. The Kier molecular flexibility index (Phi) is 8.66. The molecule has 0 aromatic heterocycles. The van der Waals surface area contributed by atoms with Gasteiger partial charge in [-0.15, -0.1) is 0 Å². The van der Waals surface area contributed by atoms with E-state index in [-0.39, 0.29) is 12.7 Å². The number of amides is 1. The molecule has 0 aromatic rings. The molecule has 140 valence electrons. The Morgan fingerprint density at radius 2 is 1.83 bits per heavy atom. The number of aliphatic imine (C=N–C) groups is 1. The fourth-order valence-corrected chi connectivity index (χ4v) is 2.21. The third-order valence-electron chi connectivity index (χ3n) is 3.33. The van der Waals surface area contributed by atoms with Gasteiger partial charge in [0.25, 0.3) is 0 Å². The standard InChI is InChI=1S/C14H25F3N4O3/c1-3-24-13(22)21-8-6-20(7-9-21)12(18-2)19-5-4-10-23-11-14(15,16)17/h3-11H2,1-2H3,(H,18,19). The van der Waals surface area contributed by atoms with Crippen LogP contribution in [0.2, 0.25) is 0 Å². The number of alkyl halides is 3. The third-order valence-corrected chi connectivity index (χ3v) is 3.33. The van der Waals surface area contributed by atoms with E-state index in [2.05, 4.69) is 15.0 Å². The molecule has 24 heavy (non-hydrogen) atoms. The molecule has 1 fully saturated rings. The van der Waals surface area contributed by atoms with Crippen molar-refractivity contribution < 1.29 is 27.4 Å². The molecule has 1 aliphatic heterocycles. The molecular formula is C14H25F3N4O3. The van der Waals surface area contributed by atoms with Crippen LogP contribution in [0.3, 0.4) is 0 Å². The van der Waals surface area contributed by atoms with E-state index in [1.54, 1.807) is 18.9 Å². The molecule has 0 aliphatic carbocycles. The van der Waals surface area contributed by atoms with E-state index < -0.39 is 12.8 Å². The van der Waals surface area contributed by atoms with Gasteiger partial charge in [-0.05, 0) is 13.3 Å². The number of nitrogens with zero attached hydrogens (tertiary/aromatic N) is 3. The van der Waals surface area contributed by atoms with Crippen molar-refractivity contribution >= 4 is 12.1 Å². The van der Waals surface area contributed by atoms with Crippen LogP contribution < -0.4 is 5.32 Å². The van der Waals surface area contributed by atoms with Gasteiger partial charge >= 0.3 is 12.3 Å². The molecule has 7 nitrogen and oxygen atoms in total. The van der Waals surface area contributed by atoms with E-state index in [9.17, 15) is 18.0 Å². The van der Waals surface area contributed by atoms with Gasteiger partial charge in [-0.3, -0.25) is 4.99 Å². The van der Waals surface area contributed by atoms with Gasteiger partial charge in [-0.25, -0.2) is 4.79 Å². The predicted molar refractivity (Wildman–Crippen MR) is 83.0 cm³/mol. The average molecular weight is 354 g/mol. The van der Waals surface area contributed by atoms with Gasteiger partial charge in [0.05, 0.1) is 6.61 Å². The lowest BCUT2D eigenvalue weighted by molar-refractivity contribution is -0.173. The Balaban J connectivity index is 2.22. The van der Waals surface area contributed by atoms with E-state index in [4.69, 9.17) is 4.74 Å². The first-order valence-corrected chi connectivity index (χ1v) is 7.89. The van der Waals surface area contributed by atoms with E-state index in [1.165, 1.54) is 0 Å². The van der Waals surface area contributed by atoms with Gasteiger partial charge in [0.1, 0.15) is 6.61 Å². The molecule has 1 aliphatic rings. The lowest BCUT2D eigenvalue weighted by atomic mass is 10.3. The molecule has 1 rings (SSSR count). The molecule has 1 amide bonds. The number of rotatable bonds is 6. The minimum absolute atomic E-state index is 0.0279. The lowest BCUT2D eigenvalue weighted by Crippen LogP contribution is -2.54. The monoisotopic (exact) mass is 354 g/mol. The molecule has 1 heterocycles. The number of carbonyl (C=O) groups excluding carboxylic acids is 1. The smallest absolute Gasteiger partial charge is 0.411 e. The van der Waals surface area contributed by atoms with Crippen LogP contribution in [0, 0.1) is 0 Å². The van der Waals surface area contributed by atoms with Crippen molar-refractivity contribution in [3.63, 3.8) is 0 Å². The highest BCUT2D eigenvalue weighted by atomic mass is 19.4. The number of hydrogen-bond donors (Lipinski definition) is 1.